The molecule has 7 nitrogen and oxygen atoms in total. The number of carbonyl (C=O) groups is 1. The minimum Gasteiger partial charge on any atom is -0.497 e. The summed E-state index contributed by atoms with van der Waals surface area (Å²) >= 11 is 0. The monoisotopic (exact) mass is 498 g/mol. The highest BCUT2D eigenvalue weighted by molar-refractivity contribution is 5.85. The maximum atomic E-state index is 11.8. The molecule has 0 radical (unpaired) electrons. The highest BCUT2D eigenvalue weighted by Gasteiger charge is 2.37. The number of piperidine rings is 1. The fourth-order valence-corrected chi connectivity index (χ4v) is 6.40. The number of benzene rings is 1. The first-order chi connectivity index (χ1) is 17.4. The van der Waals surface area contributed by atoms with Crippen LogP contribution < -0.4 is 4.74 Å². The molecule has 1 aliphatic carbocycles. The minimum atomic E-state index is -0.820. The van der Waals surface area contributed by atoms with Gasteiger partial charge in [-0.3, -0.25) is 9.78 Å². The fourth-order valence-electron chi connectivity index (χ4n) is 6.40. The summed E-state index contributed by atoms with van der Waals surface area (Å²) in [6, 6.07) is 5.52. The third kappa shape index (κ3) is 6.55. The van der Waals surface area contributed by atoms with Crippen LogP contribution in [0.2, 0.25) is 0 Å². The molecule has 2 heterocycles. The molecule has 0 spiro atoms. The van der Waals surface area contributed by atoms with E-state index in [4.69, 9.17) is 4.74 Å². The second kappa shape index (κ2) is 12.3. The third-order valence-corrected chi connectivity index (χ3v) is 8.67. The van der Waals surface area contributed by atoms with Gasteiger partial charge in [0.25, 0.3) is 0 Å². The molecule has 36 heavy (non-hydrogen) atoms. The lowest BCUT2D eigenvalue weighted by Crippen LogP contribution is -2.42. The van der Waals surface area contributed by atoms with Gasteiger partial charge >= 0.3 is 5.97 Å². The lowest BCUT2D eigenvalue weighted by molar-refractivity contribution is -0.141. The first kappa shape index (κ1) is 26.8. The third-order valence-electron chi connectivity index (χ3n) is 8.67. The second-order valence-electron chi connectivity index (χ2n) is 11.0. The van der Waals surface area contributed by atoms with Gasteiger partial charge in [0.2, 0.25) is 0 Å². The van der Waals surface area contributed by atoms with Crippen LogP contribution in [0.1, 0.15) is 87.9 Å². The van der Waals surface area contributed by atoms with Crippen LogP contribution in [-0.4, -0.2) is 57.9 Å². The molecule has 0 bridgehead atoms. The Morgan fingerprint density at radius 1 is 1.22 bits per heavy atom. The summed E-state index contributed by atoms with van der Waals surface area (Å²) in [5.74, 6) is 0.750. The number of hydrogen-bond donors (Lipinski definition) is 3. The maximum absolute atomic E-state index is 11.8. The van der Waals surface area contributed by atoms with Gasteiger partial charge in [0.05, 0.1) is 31.8 Å². The van der Waals surface area contributed by atoms with Gasteiger partial charge in [-0.1, -0.05) is 32.1 Å². The zero-order valence-electron chi connectivity index (χ0n) is 21.6. The summed E-state index contributed by atoms with van der Waals surface area (Å²) in [5.41, 5.74) is 1.67. The van der Waals surface area contributed by atoms with Crippen LogP contribution in [0, 0.1) is 11.3 Å². The summed E-state index contributed by atoms with van der Waals surface area (Å²) in [7, 11) is 1.60. The molecule has 4 rings (SSSR count). The Morgan fingerprint density at radius 2 is 1.97 bits per heavy atom. The van der Waals surface area contributed by atoms with Crippen LogP contribution in [-0.2, 0) is 11.4 Å². The number of aromatic nitrogens is 1. The van der Waals surface area contributed by atoms with E-state index in [0.717, 1.165) is 49.3 Å². The van der Waals surface area contributed by atoms with Crippen LogP contribution in [0.4, 0.5) is 0 Å². The molecule has 3 N–H and O–H groups in total. The lowest BCUT2D eigenvalue weighted by atomic mass is 9.71. The van der Waals surface area contributed by atoms with Crippen molar-refractivity contribution in [2.45, 2.75) is 83.3 Å². The average molecular weight is 499 g/mol. The molecule has 1 unspecified atom stereocenters. The van der Waals surface area contributed by atoms with Gasteiger partial charge in [-0.15, -0.1) is 0 Å². The molecule has 2 fully saturated rings. The van der Waals surface area contributed by atoms with E-state index >= 15 is 0 Å². The summed E-state index contributed by atoms with van der Waals surface area (Å²) in [6.07, 6.45) is 11.8. The minimum absolute atomic E-state index is 0.133. The molecular formula is C29H42N2O5. The van der Waals surface area contributed by atoms with Crippen molar-refractivity contribution in [3.8, 4) is 5.75 Å². The zero-order chi connectivity index (χ0) is 25.5. The Bertz CT molecular complexity index is 1010. The van der Waals surface area contributed by atoms with Crippen LogP contribution in [0.3, 0.4) is 0 Å². The van der Waals surface area contributed by atoms with Crippen molar-refractivity contribution in [3.63, 3.8) is 0 Å². The standard InChI is InChI=1S/C29H42N2O5/c1-36-23-7-8-25-24(17-23)28(22(20-32)19-30-25)26(33)9-11-29(18-27(34)35)12-15-31(16-13-29)14-10-21-5-3-2-4-6-21/h7-8,17,19,21,26,32-33H,2-6,9-16,18,20H2,1H3,(H,34,35). The number of nitrogens with zero attached hydrogens (tertiary/aromatic N) is 2. The van der Waals surface area contributed by atoms with E-state index in [9.17, 15) is 20.1 Å². The summed E-state index contributed by atoms with van der Waals surface area (Å²) in [6.45, 7) is 2.74. The molecule has 7 heteroatoms. The van der Waals surface area contributed by atoms with Gasteiger partial charge in [0, 0.05) is 17.1 Å². The molecular weight excluding hydrogens is 456 g/mol. The van der Waals surface area contributed by atoms with Crippen LogP contribution >= 0.6 is 0 Å². The number of methoxy groups -OCH3 is 1. The molecule has 1 saturated heterocycles. The predicted octanol–water partition coefficient (Wildman–Crippen LogP) is 5.08. The molecule has 2 aromatic rings. The fraction of sp³-hybridized carbons (Fsp3) is 0.655. The number of fused-ring (bicyclic) bond motifs is 1. The first-order valence-corrected chi connectivity index (χ1v) is 13.6. The summed E-state index contributed by atoms with van der Waals surface area (Å²) in [5, 5.41) is 31.7. The van der Waals surface area contributed by atoms with Crippen molar-refractivity contribution >= 4 is 16.9 Å². The number of aliphatic hydroxyl groups is 2. The van der Waals surface area contributed by atoms with Crippen molar-refractivity contribution in [3.05, 3.63) is 35.5 Å². The van der Waals surface area contributed by atoms with Crippen molar-refractivity contribution in [2.75, 3.05) is 26.7 Å². The van der Waals surface area contributed by atoms with Crippen LogP contribution in [0.5, 0.6) is 5.75 Å². The highest BCUT2D eigenvalue weighted by atomic mass is 16.5. The largest absolute Gasteiger partial charge is 0.497 e. The molecule has 1 aliphatic heterocycles. The summed E-state index contributed by atoms with van der Waals surface area (Å²) in [4.78, 5) is 18.8. The van der Waals surface area contributed by atoms with E-state index in [1.54, 1.807) is 13.3 Å². The Kier molecular flexibility index (Phi) is 9.20. The Labute approximate surface area is 214 Å². The number of pyridine rings is 1. The van der Waals surface area contributed by atoms with Crippen molar-refractivity contribution in [1.29, 1.82) is 0 Å². The maximum Gasteiger partial charge on any atom is 0.303 e. The first-order valence-electron chi connectivity index (χ1n) is 13.6. The quantitative estimate of drug-likeness (QED) is 0.397. The van der Waals surface area contributed by atoms with Gasteiger partial charge in [-0.2, -0.15) is 0 Å². The smallest absolute Gasteiger partial charge is 0.303 e. The number of carboxylic acid groups (broad SMARTS) is 1. The van der Waals surface area contributed by atoms with Crippen molar-refractivity contribution in [1.82, 2.24) is 9.88 Å². The van der Waals surface area contributed by atoms with Crippen molar-refractivity contribution in [2.24, 2.45) is 11.3 Å². The normalized spacial score (nSPS) is 19.9. The van der Waals surface area contributed by atoms with E-state index in [2.05, 4.69) is 9.88 Å². The van der Waals surface area contributed by atoms with Gasteiger partial charge in [0.1, 0.15) is 5.75 Å². The number of aliphatic hydroxyl groups excluding tert-OH is 2. The lowest BCUT2D eigenvalue weighted by Gasteiger charge is -2.42. The predicted molar refractivity (Wildman–Crippen MR) is 140 cm³/mol. The molecule has 0 amide bonds. The topological polar surface area (TPSA) is 103 Å². The summed E-state index contributed by atoms with van der Waals surface area (Å²) < 4.78 is 5.37. The zero-order valence-corrected chi connectivity index (χ0v) is 21.6. The number of likely N-dealkylation sites (tertiary alicyclic amines) is 1. The number of rotatable bonds is 11. The Hall–Kier alpha value is -2.22. The number of ether oxygens (including phenoxy) is 1. The van der Waals surface area contributed by atoms with E-state index < -0.39 is 12.1 Å². The molecule has 2 aliphatic rings. The number of hydrogen-bond acceptors (Lipinski definition) is 6. The second-order valence-corrected chi connectivity index (χ2v) is 11.0. The average Bonchev–Trinajstić information content (AvgIpc) is 2.90. The van der Waals surface area contributed by atoms with Gasteiger partial charge in [-0.05, 0) is 86.8 Å². The number of aliphatic carboxylic acids is 1. The van der Waals surface area contributed by atoms with E-state index in [1.807, 2.05) is 18.2 Å². The molecule has 1 saturated carbocycles. The van der Waals surface area contributed by atoms with E-state index in [-0.39, 0.29) is 18.4 Å². The SMILES string of the molecule is COc1ccc2ncc(CO)c(C(O)CCC3(CC(=O)O)CCN(CCC4CCCCC4)CC3)c2c1. The van der Waals surface area contributed by atoms with Gasteiger partial charge in [-0.25, -0.2) is 0 Å². The van der Waals surface area contributed by atoms with Crippen molar-refractivity contribution < 1.29 is 24.9 Å². The Morgan fingerprint density at radius 3 is 2.64 bits per heavy atom. The molecule has 198 valence electrons. The van der Waals surface area contributed by atoms with E-state index in [0.29, 0.717) is 29.7 Å². The molecule has 1 aromatic heterocycles. The number of carboxylic acids is 1. The Balaban J connectivity index is 1.43. The molecule has 1 atom stereocenters. The van der Waals surface area contributed by atoms with Crippen LogP contribution in [0.15, 0.2) is 24.4 Å². The van der Waals surface area contributed by atoms with Gasteiger partial charge in [0.15, 0.2) is 0 Å². The van der Waals surface area contributed by atoms with Crippen LogP contribution in [0.25, 0.3) is 10.9 Å². The molecule has 1 aromatic carbocycles. The van der Waals surface area contributed by atoms with E-state index in [1.165, 1.54) is 38.5 Å². The highest BCUT2D eigenvalue weighted by Crippen LogP contribution is 2.42. The van der Waals surface area contributed by atoms with Gasteiger partial charge < -0.3 is 25.0 Å².